The fourth-order valence-corrected chi connectivity index (χ4v) is 1.78. The number of carbonyl (C=O) groups is 1. The Hall–Kier alpha value is -2.37. The second-order valence-corrected chi connectivity index (χ2v) is 6.36. The molecule has 0 aliphatic carbocycles. The van der Waals surface area contributed by atoms with Gasteiger partial charge in [0, 0.05) is 5.41 Å². The van der Waals surface area contributed by atoms with Crippen LogP contribution in [0.15, 0.2) is 34.9 Å². The van der Waals surface area contributed by atoms with Gasteiger partial charge in [-0.15, -0.1) is 0 Å². The Bertz CT molecular complexity index is 646. The van der Waals surface area contributed by atoms with Crippen molar-refractivity contribution >= 4 is 5.97 Å². The molecule has 2 unspecified atom stereocenters. The van der Waals surface area contributed by atoms with E-state index < -0.39 is 18.2 Å². The van der Waals surface area contributed by atoms with Crippen molar-refractivity contribution in [1.82, 2.24) is 10.1 Å². The number of benzene rings is 1. The molecule has 0 aliphatic heterocycles. The zero-order valence-electron chi connectivity index (χ0n) is 14.1. The molecular formula is C17H22N2O4. The Morgan fingerprint density at radius 1 is 1.17 bits per heavy atom. The maximum atomic E-state index is 12.1. The van der Waals surface area contributed by atoms with Gasteiger partial charge in [0.25, 0.3) is 5.89 Å². The average molecular weight is 318 g/mol. The number of ether oxygens (including phenoxy) is 2. The van der Waals surface area contributed by atoms with Crippen LogP contribution in [0.4, 0.5) is 0 Å². The van der Waals surface area contributed by atoms with Crippen LogP contribution in [-0.2, 0) is 14.9 Å². The van der Waals surface area contributed by atoms with Gasteiger partial charge in [-0.1, -0.05) is 44.1 Å². The van der Waals surface area contributed by atoms with Crippen molar-refractivity contribution in [2.24, 2.45) is 0 Å². The van der Waals surface area contributed by atoms with Crippen LogP contribution in [0.3, 0.4) is 0 Å². The summed E-state index contributed by atoms with van der Waals surface area (Å²) in [5, 5.41) is 3.92. The monoisotopic (exact) mass is 318 g/mol. The molecule has 0 spiro atoms. The first-order valence-electron chi connectivity index (χ1n) is 7.53. The minimum Gasteiger partial charge on any atom is -0.479 e. The zero-order chi connectivity index (χ0) is 17.0. The van der Waals surface area contributed by atoms with Crippen molar-refractivity contribution in [3.05, 3.63) is 42.0 Å². The molecule has 6 heteroatoms. The molecule has 2 aromatic rings. The molecule has 1 aromatic heterocycles. The molecule has 6 nitrogen and oxygen atoms in total. The lowest BCUT2D eigenvalue weighted by Crippen LogP contribution is -2.27. The minimum absolute atomic E-state index is 0.227. The largest absolute Gasteiger partial charge is 0.479 e. The van der Waals surface area contributed by atoms with E-state index in [1.54, 1.807) is 26.0 Å². The number of esters is 1. The molecule has 0 saturated heterocycles. The van der Waals surface area contributed by atoms with Crippen LogP contribution in [0.2, 0.25) is 0 Å². The van der Waals surface area contributed by atoms with Crippen molar-refractivity contribution in [3.63, 3.8) is 0 Å². The predicted octanol–water partition coefficient (Wildman–Crippen LogP) is 3.44. The van der Waals surface area contributed by atoms with Crippen LogP contribution < -0.4 is 4.74 Å². The molecule has 2 atom stereocenters. The quantitative estimate of drug-likeness (QED) is 0.786. The lowest BCUT2D eigenvalue weighted by molar-refractivity contribution is -0.157. The molecule has 0 saturated carbocycles. The van der Waals surface area contributed by atoms with Gasteiger partial charge in [-0.05, 0) is 26.0 Å². The van der Waals surface area contributed by atoms with E-state index in [1.165, 1.54) is 0 Å². The third-order valence-corrected chi connectivity index (χ3v) is 3.14. The van der Waals surface area contributed by atoms with Gasteiger partial charge in [-0.3, -0.25) is 0 Å². The molecule has 2 rings (SSSR count). The Balaban J connectivity index is 1.95. The molecule has 1 aromatic carbocycles. The van der Waals surface area contributed by atoms with Gasteiger partial charge in [-0.25, -0.2) is 4.79 Å². The molecule has 0 radical (unpaired) electrons. The van der Waals surface area contributed by atoms with E-state index in [1.807, 2.05) is 39.0 Å². The van der Waals surface area contributed by atoms with Crippen LogP contribution >= 0.6 is 0 Å². The van der Waals surface area contributed by atoms with E-state index >= 15 is 0 Å². The predicted molar refractivity (Wildman–Crippen MR) is 84.0 cm³/mol. The summed E-state index contributed by atoms with van der Waals surface area (Å²) in [5.41, 5.74) is -0.227. The van der Waals surface area contributed by atoms with Crippen molar-refractivity contribution in [1.29, 1.82) is 0 Å². The normalized spacial score (nSPS) is 14.1. The summed E-state index contributed by atoms with van der Waals surface area (Å²) in [6.07, 6.45) is -1.36. The fraction of sp³-hybridized carbons (Fsp3) is 0.471. The topological polar surface area (TPSA) is 74.5 Å². The van der Waals surface area contributed by atoms with Crippen molar-refractivity contribution < 1.29 is 18.8 Å². The van der Waals surface area contributed by atoms with Gasteiger partial charge in [0.1, 0.15) is 5.75 Å². The lowest BCUT2D eigenvalue weighted by atomic mass is 9.96. The second kappa shape index (κ2) is 6.81. The van der Waals surface area contributed by atoms with E-state index in [9.17, 15) is 4.79 Å². The first kappa shape index (κ1) is 17.0. The summed E-state index contributed by atoms with van der Waals surface area (Å²) in [6, 6.07) is 9.10. The maximum Gasteiger partial charge on any atom is 0.347 e. The lowest BCUT2D eigenvalue weighted by Gasteiger charge is -2.16. The van der Waals surface area contributed by atoms with Gasteiger partial charge in [0.15, 0.2) is 18.0 Å². The molecular weight excluding hydrogens is 296 g/mol. The smallest absolute Gasteiger partial charge is 0.347 e. The van der Waals surface area contributed by atoms with Gasteiger partial charge < -0.3 is 14.0 Å². The molecule has 1 heterocycles. The van der Waals surface area contributed by atoms with Crippen molar-refractivity contribution in [2.45, 2.75) is 52.2 Å². The molecule has 0 fully saturated rings. The molecule has 23 heavy (non-hydrogen) atoms. The molecule has 0 N–H and O–H groups in total. The van der Waals surface area contributed by atoms with Crippen LogP contribution in [0, 0.1) is 0 Å². The number of rotatable bonds is 5. The van der Waals surface area contributed by atoms with Gasteiger partial charge >= 0.3 is 5.97 Å². The highest BCUT2D eigenvalue weighted by Gasteiger charge is 2.26. The van der Waals surface area contributed by atoms with Gasteiger partial charge in [0.05, 0.1) is 0 Å². The van der Waals surface area contributed by atoms with Crippen LogP contribution in [-0.4, -0.2) is 22.2 Å². The minimum atomic E-state index is -0.732. The van der Waals surface area contributed by atoms with E-state index in [2.05, 4.69) is 10.1 Å². The van der Waals surface area contributed by atoms with Crippen molar-refractivity contribution in [3.8, 4) is 5.75 Å². The van der Waals surface area contributed by atoms with Crippen LogP contribution in [0.25, 0.3) is 0 Å². The summed E-state index contributed by atoms with van der Waals surface area (Å²) in [7, 11) is 0. The summed E-state index contributed by atoms with van der Waals surface area (Å²) in [5.74, 6) is 0.966. The van der Waals surface area contributed by atoms with E-state index in [0.29, 0.717) is 11.6 Å². The molecule has 0 bridgehead atoms. The van der Waals surface area contributed by atoms with E-state index in [0.717, 1.165) is 0 Å². The highest BCUT2D eigenvalue weighted by molar-refractivity contribution is 5.74. The third kappa shape index (κ3) is 4.55. The Morgan fingerprint density at radius 2 is 1.83 bits per heavy atom. The zero-order valence-corrected chi connectivity index (χ0v) is 14.1. The Kier molecular flexibility index (Phi) is 5.03. The summed E-state index contributed by atoms with van der Waals surface area (Å²) >= 11 is 0. The summed E-state index contributed by atoms with van der Waals surface area (Å²) in [6.45, 7) is 9.26. The fourth-order valence-electron chi connectivity index (χ4n) is 1.78. The maximum absolute atomic E-state index is 12.1. The number of nitrogens with zero attached hydrogens (tertiary/aromatic N) is 2. The van der Waals surface area contributed by atoms with E-state index in [-0.39, 0.29) is 11.3 Å². The number of carbonyl (C=O) groups excluding carboxylic acids is 1. The molecule has 124 valence electrons. The first-order chi connectivity index (χ1) is 10.8. The Labute approximate surface area is 135 Å². The highest BCUT2D eigenvalue weighted by atomic mass is 16.6. The summed E-state index contributed by atoms with van der Waals surface area (Å²) in [4.78, 5) is 16.4. The standard InChI is InChI=1S/C17H22N2O4/c1-11(14-18-16(19-23-14)17(3,4)5)22-15(20)12(2)21-13-9-7-6-8-10-13/h6-12H,1-5H3. The highest BCUT2D eigenvalue weighted by Crippen LogP contribution is 2.22. The third-order valence-electron chi connectivity index (χ3n) is 3.14. The average Bonchev–Trinajstić information content (AvgIpc) is 2.98. The SMILES string of the molecule is CC(Oc1ccccc1)C(=O)OC(C)c1nc(C(C)(C)C)no1. The van der Waals surface area contributed by atoms with Crippen molar-refractivity contribution in [2.75, 3.05) is 0 Å². The number of aromatic nitrogens is 2. The first-order valence-corrected chi connectivity index (χ1v) is 7.53. The number of hydrogen-bond donors (Lipinski definition) is 0. The van der Waals surface area contributed by atoms with Crippen LogP contribution in [0.5, 0.6) is 5.75 Å². The molecule has 0 amide bonds. The van der Waals surface area contributed by atoms with Crippen LogP contribution in [0.1, 0.15) is 52.4 Å². The summed E-state index contributed by atoms with van der Waals surface area (Å²) < 4.78 is 16.0. The van der Waals surface area contributed by atoms with E-state index in [4.69, 9.17) is 14.0 Å². The number of para-hydroxylation sites is 1. The molecule has 0 aliphatic rings. The van der Waals surface area contributed by atoms with Gasteiger partial charge in [0.2, 0.25) is 0 Å². The number of hydrogen-bond acceptors (Lipinski definition) is 6. The Morgan fingerprint density at radius 3 is 2.39 bits per heavy atom. The second-order valence-electron chi connectivity index (χ2n) is 6.36. The van der Waals surface area contributed by atoms with Gasteiger partial charge in [-0.2, -0.15) is 4.98 Å².